The average Bonchev–Trinajstić information content (AvgIpc) is 2.17. The molecule has 0 rings (SSSR count). The summed E-state index contributed by atoms with van der Waals surface area (Å²) in [6.07, 6.45) is 0.726. The maximum Gasteiger partial charge on any atom is 0.311 e. The van der Waals surface area contributed by atoms with Crippen molar-refractivity contribution in [1.82, 2.24) is 0 Å². The van der Waals surface area contributed by atoms with Crippen LogP contribution in [0.15, 0.2) is 0 Å². The molecule has 0 unspecified atom stereocenters. The predicted molar refractivity (Wildman–Crippen MR) is 92.7 cm³/mol. The van der Waals surface area contributed by atoms with Crippen molar-refractivity contribution in [1.29, 1.82) is 0 Å². The summed E-state index contributed by atoms with van der Waals surface area (Å²) in [5.74, 6) is -0.180. The third-order valence-electron chi connectivity index (χ3n) is 2.40. The van der Waals surface area contributed by atoms with Crippen LogP contribution >= 0.6 is 0 Å². The van der Waals surface area contributed by atoms with Crippen molar-refractivity contribution in [3.63, 3.8) is 0 Å². The first kappa shape index (κ1) is 21.0. The molecule has 8 heteroatoms. The van der Waals surface area contributed by atoms with Crippen LogP contribution in [0.1, 0.15) is 6.42 Å². The van der Waals surface area contributed by atoms with E-state index >= 15 is 0 Å². The molecule has 0 saturated carbocycles. The van der Waals surface area contributed by atoms with Crippen molar-refractivity contribution in [3.8, 4) is 0 Å². The molecule has 0 atom stereocenters. The molecule has 0 aromatic rings. The van der Waals surface area contributed by atoms with Crippen LogP contribution < -0.4 is 0 Å². The fourth-order valence-electron chi connectivity index (χ4n) is 2.25. The first-order chi connectivity index (χ1) is 9.37. The molecule has 0 aromatic heterocycles. The number of hydrogen-bond acceptors (Lipinski definition) is 5. The molecule has 0 aliphatic heterocycles. The highest BCUT2D eigenvalue weighted by molar-refractivity contribution is 6.88. The van der Waals surface area contributed by atoms with E-state index < -0.39 is 25.2 Å². The SMILES string of the molecule is COCCCOC(=O)C[Si](C)(C)O[Si](C)(C)O[Si](C)(C)C. The largest absolute Gasteiger partial charge is 0.466 e. The molecule has 0 N–H and O–H groups in total. The van der Waals surface area contributed by atoms with Gasteiger partial charge in [-0.1, -0.05) is 0 Å². The van der Waals surface area contributed by atoms with Crippen molar-refractivity contribution in [2.45, 2.75) is 58.3 Å². The molecule has 0 radical (unpaired) electrons. The fraction of sp³-hybridized carbons (Fsp3) is 0.923. The average molecular weight is 353 g/mol. The lowest BCUT2D eigenvalue weighted by Gasteiger charge is -2.37. The first-order valence-corrected chi connectivity index (χ1v) is 16.8. The number of ether oxygens (including phenoxy) is 2. The Morgan fingerprint density at radius 3 is 1.95 bits per heavy atom. The Bertz CT molecular complexity index is 326. The van der Waals surface area contributed by atoms with Gasteiger partial charge in [-0.3, -0.25) is 4.79 Å². The number of carbonyl (C=O) groups excluding carboxylic acids is 1. The van der Waals surface area contributed by atoms with Crippen LogP contribution in [-0.4, -0.2) is 51.5 Å². The summed E-state index contributed by atoms with van der Waals surface area (Å²) in [7, 11) is -4.30. The van der Waals surface area contributed by atoms with Crippen molar-refractivity contribution in [3.05, 3.63) is 0 Å². The van der Waals surface area contributed by atoms with Gasteiger partial charge in [0.15, 0.2) is 16.6 Å². The highest BCUT2D eigenvalue weighted by Gasteiger charge is 2.39. The third kappa shape index (κ3) is 12.3. The summed E-state index contributed by atoms with van der Waals surface area (Å²) >= 11 is 0. The zero-order chi connectivity index (χ0) is 16.7. The molecule has 0 aliphatic rings. The molecular weight excluding hydrogens is 320 g/mol. The Kier molecular flexibility index (Phi) is 8.59. The molecule has 0 amide bonds. The van der Waals surface area contributed by atoms with Crippen molar-refractivity contribution in [2.75, 3.05) is 20.3 Å². The maximum absolute atomic E-state index is 11.9. The first-order valence-electron chi connectivity index (χ1n) is 7.42. The lowest BCUT2D eigenvalue weighted by Crippen LogP contribution is -2.52. The van der Waals surface area contributed by atoms with Crippen LogP contribution in [0.4, 0.5) is 0 Å². The standard InChI is InChI=1S/C13H32O5Si3/c1-15-10-9-11-16-13(14)12-20(5,6)18-21(7,8)17-19(2,3)4/h9-12H2,1-8H3. The van der Waals surface area contributed by atoms with Crippen molar-refractivity contribution >= 4 is 31.2 Å². The lowest BCUT2D eigenvalue weighted by molar-refractivity contribution is -0.141. The number of carbonyl (C=O) groups is 1. The Morgan fingerprint density at radius 2 is 1.48 bits per heavy atom. The minimum absolute atomic E-state index is 0.180. The summed E-state index contributed by atoms with van der Waals surface area (Å²) in [6.45, 7) is 15.7. The summed E-state index contributed by atoms with van der Waals surface area (Å²) in [4.78, 5) is 11.9. The molecule has 0 heterocycles. The van der Waals surface area contributed by atoms with Crippen LogP contribution in [0.2, 0.25) is 51.9 Å². The van der Waals surface area contributed by atoms with Gasteiger partial charge in [0.1, 0.15) is 0 Å². The van der Waals surface area contributed by atoms with Gasteiger partial charge < -0.3 is 17.7 Å². The molecule has 126 valence electrons. The van der Waals surface area contributed by atoms with Crippen molar-refractivity contribution < 1.29 is 22.5 Å². The quantitative estimate of drug-likeness (QED) is 0.343. The molecule has 0 bridgehead atoms. The number of rotatable bonds is 10. The van der Waals surface area contributed by atoms with Crippen LogP contribution in [0.25, 0.3) is 0 Å². The highest BCUT2D eigenvalue weighted by Crippen LogP contribution is 2.23. The normalized spacial score (nSPS) is 13.3. The van der Waals surface area contributed by atoms with E-state index in [9.17, 15) is 4.79 Å². The molecule has 21 heavy (non-hydrogen) atoms. The molecule has 0 spiro atoms. The van der Waals surface area contributed by atoms with E-state index in [4.69, 9.17) is 17.7 Å². The summed E-state index contributed by atoms with van der Waals surface area (Å²) in [6, 6.07) is 0.367. The topological polar surface area (TPSA) is 54.0 Å². The summed E-state index contributed by atoms with van der Waals surface area (Å²) in [5.41, 5.74) is 0. The number of methoxy groups -OCH3 is 1. The van der Waals surface area contributed by atoms with Crippen molar-refractivity contribution in [2.24, 2.45) is 0 Å². The highest BCUT2D eigenvalue weighted by atomic mass is 28.5. The molecule has 0 saturated heterocycles. The Labute approximate surface area is 132 Å². The zero-order valence-electron chi connectivity index (χ0n) is 14.9. The Morgan fingerprint density at radius 1 is 0.905 bits per heavy atom. The summed E-state index contributed by atoms with van der Waals surface area (Å²) < 4.78 is 22.6. The van der Waals surface area contributed by atoms with E-state index in [1.54, 1.807) is 7.11 Å². The molecular formula is C13H32O5Si3. The monoisotopic (exact) mass is 352 g/mol. The second kappa shape index (κ2) is 8.59. The van der Waals surface area contributed by atoms with E-state index in [2.05, 4.69) is 32.7 Å². The predicted octanol–water partition coefficient (Wildman–Crippen LogP) is 3.34. The van der Waals surface area contributed by atoms with E-state index in [1.807, 2.05) is 13.1 Å². The van der Waals surface area contributed by atoms with Gasteiger partial charge >= 0.3 is 14.5 Å². The van der Waals surface area contributed by atoms with Crippen LogP contribution in [0.3, 0.4) is 0 Å². The Hall–Kier alpha value is 0.000649. The van der Waals surface area contributed by atoms with E-state index in [1.165, 1.54) is 0 Å². The fourth-order valence-corrected chi connectivity index (χ4v) is 15.1. The van der Waals surface area contributed by atoms with Gasteiger partial charge in [0.25, 0.3) is 0 Å². The van der Waals surface area contributed by atoms with Gasteiger partial charge in [-0.05, 0) is 45.8 Å². The molecule has 0 aliphatic carbocycles. The van der Waals surface area contributed by atoms with Crippen LogP contribution in [0.5, 0.6) is 0 Å². The minimum atomic E-state index is -2.19. The van der Waals surface area contributed by atoms with E-state index in [-0.39, 0.29) is 5.97 Å². The Balaban J connectivity index is 4.32. The summed E-state index contributed by atoms with van der Waals surface area (Å²) in [5, 5.41) is 0. The molecule has 0 fully saturated rings. The molecule has 5 nitrogen and oxygen atoms in total. The smallest absolute Gasteiger partial charge is 0.311 e. The van der Waals surface area contributed by atoms with Crippen LogP contribution in [-0.2, 0) is 22.5 Å². The lowest BCUT2D eigenvalue weighted by atomic mass is 10.5. The van der Waals surface area contributed by atoms with Gasteiger partial charge in [0.05, 0.1) is 12.7 Å². The maximum atomic E-state index is 11.9. The zero-order valence-corrected chi connectivity index (χ0v) is 17.9. The van der Waals surface area contributed by atoms with E-state index in [0.29, 0.717) is 19.3 Å². The second-order valence-corrected chi connectivity index (χ2v) is 19.7. The van der Waals surface area contributed by atoms with Gasteiger partial charge in [-0.25, -0.2) is 0 Å². The minimum Gasteiger partial charge on any atom is -0.466 e. The van der Waals surface area contributed by atoms with Gasteiger partial charge in [0.2, 0.25) is 0 Å². The third-order valence-corrected chi connectivity index (χ3v) is 12.1. The van der Waals surface area contributed by atoms with Gasteiger partial charge in [-0.15, -0.1) is 0 Å². The number of esters is 1. The molecule has 0 aromatic carbocycles. The van der Waals surface area contributed by atoms with Gasteiger partial charge in [-0.2, -0.15) is 0 Å². The van der Waals surface area contributed by atoms with Gasteiger partial charge in [0, 0.05) is 20.1 Å². The van der Waals surface area contributed by atoms with E-state index in [0.717, 1.165) is 6.42 Å². The second-order valence-electron chi connectivity index (χ2n) is 7.22. The van der Waals surface area contributed by atoms with Crippen LogP contribution in [0, 0.1) is 0 Å². The number of hydrogen-bond donors (Lipinski definition) is 0.